The van der Waals surface area contributed by atoms with Gasteiger partial charge in [-0.25, -0.2) is 8.42 Å². The fraction of sp³-hybridized carbons (Fsp3) is 0.118. The van der Waals surface area contributed by atoms with Gasteiger partial charge in [0, 0.05) is 12.7 Å². The summed E-state index contributed by atoms with van der Waals surface area (Å²) in [5.41, 5.74) is 0.674. The Morgan fingerprint density at radius 3 is 2.52 bits per heavy atom. The number of hydrogen-bond acceptors (Lipinski definition) is 6. The van der Waals surface area contributed by atoms with Crippen molar-refractivity contribution >= 4 is 32.1 Å². The van der Waals surface area contributed by atoms with E-state index in [9.17, 15) is 18.5 Å². The van der Waals surface area contributed by atoms with Gasteiger partial charge in [-0.05, 0) is 36.4 Å². The Morgan fingerprint density at radius 1 is 1.04 bits per heavy atom. The molecule has 0 bridgehead atoms. The SMILES string of the molecule is O=[N+]([O-])c1c(NCCS(=O)(=O)c2ccccc2)ccc2ncccc12. The Bertz CT molecular complexity index is 1020. The monoisotopic (exact) mass is 357 g/mol. The van der Waals surface area contributed by atoms with Crippen LogP contribution >= 0.6 is 0 Å². The van der Waals surface area contributed by atoms with E-state index in [0.29, 0.717) is 10.9 Å². The molecule has 0 unspecified atom stereocenters. The van der Waals surface area contributed by atoms with Crippen LogP contribution in [0, 0.1) is 10.1 Å². The van der Waals surface area contributed by atoms with E-state index in [2.05, 4.69) is 10.3 Å². The van der Waals surface area contributed by atoms with Crippen LogP contribution in [-0.4, -0.2) is 30.6 Å². The Kier molecular flexibility index (Phi) is 4.62. The van der Waals surface area contributed by atoms with Crippen LogP contribution in [-0.2, 0) is 9.84 Å². The predicted molar refractivity (Wildman–Crippen MR) is 95.4 cm³/mol. The number of aromatic nitrogens is 1. The molecule has 25 heavy (non-hydrogen) atoms. The van der Waals surface area contributed by atoms with Crippen molar-refractivity contribution in [2.24, 2.45) is 0 Å². The fourth-order valence-corrected chi connectivity index (χ4v) is 3.72. The Labute approximate surface area is 144 Å². The molecule has 0 atom stereocenters. The van der Waals surface area contributed by atoms with E-state index in [4.69, 9.17) is 0 Å². The van der Waals surface area contributed by atoms with Crippen molar-refractivity contribution in [2.45, 2.75) is 4.90 Å². The highest BCUT2D eigenvalue weighted by Gasteiger charge is 2.20. The molecule has 1 N–H and O–H groups in total. The van der Waals surface area contributed by atoms with E-state index in [-0.39, 0.29) is 28.6 Å². The van der Waals surface area contributed by atoms with Crippen LogP contribution in [0.25, 0.3) is 10.9 Å². The summed E-state index contributed by atoms with van der Waals surface area (Å²) < 4.78 is 24.5. The van der Waals surface area contributed by atoms with E-state index in [0.717, 1.165) is 0 Å². The van der Waals surface area contributed by atoms with Crippen LogP contribution in [0.3, 0.4) is 0 Å². The zero-order chi connectivity index (χ0) is 17.9. The summed E-state index contributed by atoms with van der Waals surface area (Å²) in [7, 11) is -3.45. The van der Waals surface area contributed by atoms with E-state index >= 15 is 0 Å². The molecule has 8 heteroatoms. The second-order valence-electron chi connectivity index (χ2n) is 5.35. The summed E-state index contributed by atoms with van der Waals surface area (Å²) in [5, 5.41) is 14.7. The van der Waals surface area contributed by atoms with E-state index in [1.165, 1.54) is 12.1 Å². The largest absolute Gasteiger partial charge is 0.378 e. The zero-order valence-corrected chi connectivity index (χ0v) is 13.9. The minimum atomic E-state index is -3.45. The molecule has 7 nitrogen and oxygen atoms in total. The maximum absolute atomic E-state index is 12.3. The van der Waals surface area contributed by atoms with Gasteiger partial charge in [-0.1, -0.05) is 18.2 Å². The van der Waals surface area contributed by atoms with Crippen molar-refractivity contribution in [3.05, 3.63) is 70.9 Å². The summed E-state index contributed by atoms with van der Waals surface area (Å²) in [6.45, 7) is 0.0594. The molecule has 0 aliphatic carbocycles. The number of fused-ring (bicyclic) bond motifs is 1. The topological polar surface area (TPSA) is 102 Å². The highest BCUT2D eigenvalue weighted by molar-refractivity contribution is 7.91. The molecule has 0 radical (unpaired) electrons. The molecule has 1 heterocycles. The average molecular weight is 357 g/mol. The smallest absolute Gasteiger partial charge is 0.301 e. The first kappa shape index (κ1) is 16.8. The van der Waals surface area contributed by atoms with Gasteiger partial charge in [0.05, 0.1) is 26.5 Å². The number of nitrogens with zero attached hydrogens (tertiary/aromatic N) is 2. The predicted octanol–water partition coefficient (Wildman–Crippen LogP) is 3.03. The summed E-state index contributed by atoms with van der Waals surface area (Å²) in [6, 6.07) is 14.6. The van der Waals surface area contributed by atoms with Gasteiger partial charge in [-0.15, -0.1) is 0 Å². The van der Waals surface area contributed by atoms with Gasteiger partial charge >= 0.3 is 5.69 Å². The highest BCUT2D eigenvalue weighted by atomic mass is 32.2. The molecule has 3 aromatic rings. The maximum atomic E-state index is 12.3. The van der Waals surface area contributed by atoms with Crippen molar-refractivity contribution < 1.29 is 13.3 Å². The van der Waals surface area contributed by atoms with Gasteiger partial charge in [0.2, 0.25) is 0 Å². The Morgan fingerprint density at radius 2 is 1.80 bits per heavy atom. The summed E-state index contributed by atoms with van der Waals surface area (Å²) in [5.74, 6) is -0.167. The molecule has 0 spiro atoms. The van der Waals surface area contributed by atoms with Crippen molar-refractivity contribution in [3.63, 3.8) is 0 Å². The molecule has 0 saturated carbocycles. The van der Waals surface area contributed by atoms with Crippen LogP contribution in [0.5, 0.6) is 0 Å². The first-order valence-corrected chi connectivity index (χ1v) is 9.18. The second-order valence-corrected chi connectivity index (χ2v) is 7.46. The van der Waals surface area contributed by atoms with E-state index < -0.39 is 14.8 Å². The Balaban J connectivity index is 1.82. The highest BCUT2D eigenvalue weighted by Crippen LogP contribution is 2.32. The molecule has 128 valence electrons. The molecule has 0 aliphatic rings. The van der Waals surface area contributed by atoms with Crippen LogP contribution < -0.4 is 5.32 Å². The second kappa shape index (κ2) is 6.86. The number of benzene rings is 2. The number of rotatable bonds is 6. The lowest BCUT2D eigenvalue weighted by Crippen LogP contribution is -2.16. The van der Waals surface area contributed by atoms with Crippen molar-refractivity contribution in [1.82, 2.24) is 4.98 Å². The lowest BCUT2D eigenvalue weighted by molar-refractivity contribution is -0.382. The number of sulfone groups is 1. The number of hydrogen-bond donors (Lipinski definition) is 1. The molecule has 1 aromatic heterocycles. The number of pyridine rings is 1. The molecule has 3 rings (SSSR count). The normalized spacial score (nSPS) is 11.4. The van der Waals surface area contributed by atoms with Gasteiger partial charge in [-0.2, -0.15) is 0 Å². The van der Waals surface area contributed by atoms with Crippen molar-refractivity contribution in [2.75, 3.05) is 17.6 Å². The van der Waals surface area contributed by atoms with Crippen LogP contribution in [0.4, 0.5) is 11.4 Å². The number of anilines is 1. The average Bonchev–Trinajstić information content (AvgIpc) is 2.61. The van der Waals surface area contributed by atoms with Gasteiger partial charge in [-0.3, -0.25) is 15.1 Å². The molecule has 0 aliphatic heterocycles. The third kappa shape index (κ3) is 3.58. The van der Waals surface area contributed by atoms with E-state index in [1.807, 2.05) is 0 Å². The minimum Gasteiger partial charge on any atom is -0.378 e. The quantitative estimate of drug-likeness (QED) is 0.537. The Hall–Kier alpha value is -3.00. The van der Waals surface area contributed by atoms with Crippen molar-refractivity contribution in [3.8, 4) is 0 Å². The van der Waals surface area contributed by atoms with Crippen molar-refractivity contribution in [1.29, 1.82) is 0 Å². The minimum absolute atomic E-state index is 0.0594. The van der Waals surface area contributed by atoms with Crippen LogP contribution in [0.15, 0.2) is 65.7 Å². The van der Waals surface area contributed by atoms with Gasteiger partial charge in [0.1, 0.15) is 5.69 Å². The molecular weight excluding hydrogens is 342 g/mol. The zero-order valence-electron chi connectivity index (χ0n) is 13.1. The third-order valence-corrected chi connectivity index (χ3v) is 5.46. The lowest BCUT2D eigenvalue weighted by atomic mass is 10.1. The standard InChI is InChI=1S/C17H15N3O4S/c21-20(22)17-14-7-4-10-18-15(14)8-9-16(17)19-11-12-25(23,24)13-5-2-1-3-6-13/h1-10,19H,11-12H2. The summed E-state index contributed by atoms with van der Waals surface area (Å²) >= 11 is 0. The molecule has 0 fully saturated rings. The number of nitrogens with one attached hydrogen (secondary N) is 1. The fourth-order valence-electron chi connectivity index (χ4n) is 2.54. The van der Waals surface area contributed by atoms with E-state index in [1.54, 1.807) is 48.7 Å². The van der Waals surface area contributed by atoms with Gasteiger partial charge < -0.3 is 5.32 Å². The molecule has 0 saturated heterocycles. The third-order valence-electron chi connectivity index (χ3n) is 3.73. The molecule has 0 amide bonds. The molecule has 2 aromatic carbocycles. The summed E-state index contributed by atoms with van der Waals surface area (Å²) in [4.78, 5) is 15.3. The van der Waals surface area contributed by atoms with Crippen LogP contribution in [0.1, 0.15) is 0 Å². The summed E-state index contributed by atoms with van der Waals surface area (Å²) in [6.07, 6.45) is 1.56. The lowest BCUT2D eigenvalue weighted by Gasteiger charge is -2.09. The number of nitro benzene ring substituents is 1. The van der Waals surface area contributed by atoms with Crippen LogP contribution in [0.2, 0.25) is 0 Å². The first-order valence-electron chi connectivity index (χ1n) is 7.53. The first-order chi connectivity index (χ1) is 12.0. The van der Waals surface area contributed by atoms with Gasteiger partial charge in [0.15, 0.2) is 9.84 Å². The maximum Gasteiger partial charge on any atom is 0.301 e. The molecular formula is C17H15N3O4S. The van der Waals surface area contributed by atoms with Gasteiger partial charge in [0.25, 0.3) is 0 Å². The number of nitro groups is 1.